The van der Waals surface area contributed by atoms with E-state index in [2.05, 4.69) is 15.9 Å². The molecule has 1 aliphatic rings. The van der Waals surface area contributed by atoms with E-state index < -0.39 is 0 Å². The normalized spacial score (nSPS) is 15.8. The molecule has 0 aliphatic carbocycles. The average molecular weight is 259 g/mol. The first-order valence-corrected chi connectivity index (χ1v) is 5.19. The monoisotopic (exact) mass is 258 g/mol. The Morgan fingerprint density at radius 3 is 3.00 bits per heavy atom. The molecule has 13 heavy (non-hydrogen) atoms. The summed E-state index contributed by atoms with van der Waals surface area (Å²) in [6.45, 7) is -0.0614. The van der Waals surface area contributed by atoms with Crippen molar-refractivity contribution in [3.63, 3.8) is 0 Å². The summed E-state index contributed by atoms with van der Waals surface area (Å²) in [6, 6.07) is 5.34. The molecule has 0 N–H and O–H groups in total. The van der Waals surface area contributed by atoms with E-state index in [0.29, 0.717) is 9.73 Å². The van der Waals surface area contributed by atoms with Crippen molar-refractivity contribution < 1.29 is 8.96 Å². The zero-order chi connectivity index (χ0) is 9.42. The maximum absolute atomic E-state index is 11.4. The Kier molecular flexibility index (Phi) is 2.21. The number of nitroso groups, excluding NO2 is 1. The highest BCUT2D eigenvalue weighted by Gasteiger charge is 2.30. The Labute approximate surface area is 87.3 Å². The van der Waals surface area contributed by atoms with Gasteiger partial charge in [-0.15, -0.1) is 0 Å². The molecular weight excluding hydrogens is 254 g/mol. The fourth-order valence-electron chi connectivity index (χ4n) is 1.14. The van der Waals surface area contributed by atoms with Gasteiger partial charge in [0.15, 0.2) is 0 Å². The summed E-state index contributed by atoms with van der Waals surface area (Å²) in [5.41, 5.74) is 0.631. The van der Waals surface area contributed by atoms with E-state index in [4.69, 9.17) is 0 Å². The Hall–Kier alpha value is -0.680. The first kappa shape index (κ1) is 8.90. The highest BCUT2D eigenvalue weighted by molar-refractivity contribution is 9.10. The van der Waals surface area contributed by atoms with Gasteiger partial charge in [0.1, 0.15) is 0 Å². The molecule has 66 valence electrons. The Bertz CT molecular complexity index is 405. The second-order valence-corrected chi connectivity index (χ2v) is 4.59. The number of fused-ring (bicyclic) bond motifs is 1. The molecule has 0 bridgehead atoms. The number of ketones is 1. The summed E-state index contributed by atoms with van der Waals surface area (Å²) < 4.78 is 1.55. The third-order valence-electron chi connectivity index (χ3n) is 1.71. The number of benzene rings is 1. The van der Waals surface area contributed by atoms with Crippen molar-refractivity contribution in [1.29, 1.82) is 0 Å². The minimum absolute atomic E-state index is 0.0614. The zero-order valence-corrected chi connectivity index (χ0v) is 8.89. The fraction of sp³-hybridized carbons (Fsp3) is 0.125. The van der Waals surface area contributed by atoms with Gasteiger partial charge in [0, 0.05) is 14.9 Å². The molecule has 0 saturated heterocycles. The molecule has 2 rings (SSSR count). The number of carbonyl (C=O) groups excluding carboxylic acids is 1. The van der Waals surface area contributed by atoms with Gasteiger partial charge in [-0.05, 0) is 18.2 Å². The van der Waals surface area contributed by atoms with Crippen LogP contribution in [0.25, 0.3) is 0 Å². The van der Waals surface area contributed by atoms with Gasteiger partial charge in [-0.2, -0.15) is 0 Å². The van der Waals surface area contributed by atoms with Gasteiger partial charge in [0.05, 0.1) is 9.06 Å². The molecule has 0 aromatic heterocycles. The first-order chi connectivity index (χ1) is 6.16. The van der Waals surface area contributed by atoms with Crippen LogP contribution in [-0.4, -0.2) is 16.5 Å². The Morgan fingerprint density at radius 2 is 2.23 bits per heavy atom. The van der Waals surface area contributed by atoms with Crippen LogP contribution in [0.3, 0.4) is 0 Å². The Morgan fingerprint density at radius 1 is 1.46 bits per heavy atom. The van der Waals surface area contributed by atoms with Gasteiger partial charge < -0.3 is 0 Å². The van der Waals surface area contributed by atoms with E-state index in [0.717, 1.165) is 21.3 Å². The van der Waals surface area contributed by atoms with Crippen molar-refractivity contribution in [2.75, 3.05) is 6.54 Å². The number of hydrogen-bond acceptors (Lipinski definition) is 3. The maximum atomic E-state index is 11.4. The summed E-state index contributed by atoms with van der Waals surface area (Å²) in [6.07, 6.45) is 0. The maximum Gasteiger partial charge on any atom is 0.270 e. The molecule has 1 aromatic rings. The van der Waals surface area contributed by atoms with Crippen molar-refractivity contribution >= 4 is 33.7 Å². The first-order valence-electron chi connectivity index (χ1n) is 3.62. The molecule has 1 aliphatic heterocycles. The quantitative estimate of drug-likeness (QED) is 0.530. The smallest absolute Gasteiger partial charge is 0.270 e. The van der Waals surface area contributed by atoms with Crippen LogP contribution in [0.15, 0.2) is 27.6 Å². The second-order valence-electron chi connectivity index (χ2n) is 2.65. The molecule has 5 heteroatoms. The molecule has 0 fully saturated rings. The number of rotatable bonds is 0. The van der Waals surface area contributed by atoms with Crippen LogP contribution < -0.4 is 0 Å². The number of halogens is 1. The minimum Gasteiger partial charge on any atom is -0.287 e. The molecule has 1 aromatic carbocycles. The van der Waals surface area contributed by atoms with Gasteiger partial charge in [-0.1, -0.05) is 15.9 Å². The van der Waals surface area contributed by atoms with E-state index in [-0.39, 0.29) is 12.3 Å². The number of nitrogens with zero attached hydrogens (tertiary/aromatic N) is 1. The third kappa shape index (κ3) is 1.66. The lowest BCUT2D eigenvalue weighted by Crippen LogP contribution is -2.19. The zero-order valence-electron chi connectivity index (χ0n) is 6.49. The van der Waals surface area contributed by atoms with Gasteiger partial charge in [-0.3, -0.25) is 4.79 Å². The van der Waals surface area contributed by atoms with Crippen molar-refractivity contribution in [1.82, 2.24) is 0 Å². The third-order valence-corrected chi connectivity index (χ3v) is 3.09. The van der Waals surface area contributed by atoms with E-state index >= 15 is 0 Å². The lowest BCUT2D eigenvalue weighted by molar-refractivity contribution is -0.356. The summed E-state index contributed by atoms with van der Waals surface area (Å²) in [5, 5.41) is 0. The van der Waals surface area contributed by atoms with Crippen LogP contribution in [-0.2, 0) is 0 Å². The molecule has 3 nitrogen and oxygen atoms in total. The molecule has 0 atom stereocenters. The highest BCUT2D eigenvalue weighted by Crippen LogP contribution is 2.30. The summed E-state index contributed by atoms with van der Waals surface area (Å²) in [7, 11) is 0. The van der Waals surface area contributed by atoms with E-state index in [1.807, 2.05) is 6.07 Å². The van der Waals surface area contributed by atoms with Crippen molar-refractivity contribution in [3.8, 4) is 0 Å². The standard InChI is InChI=1S/C8H5BrNO2S/c9-5-1-2-8-6(3-5)7(11)4-10(12)13-8/h1-3H,4H2/q+1. The molecule has 0 radical (unpaired) electrons. The molecule has 0 unspecified atom stereocenters. The average Bonchev–Trinajstić information content (AvgIpc) is 2.06. The van der Waals surface area contributed by atoms with Crippen molar-refractivity contribution in [2.45, 2.75) is 4.90 Å². The van der Waals surface area contributed by atoms with Crippen molar-refractivity contribution in [2.24, 2.45) is 0 Å². The largest absolute Gasteiger partial charge is 0.287 e. The predicted molar refractivity (Wildman–Crippen MR) is 52.8 cm³/mol. The second kappa shape index (κ2) is 3.23. The predicted octanol–water partition coefficient (Wildman–Crippen LogP) is 2.43. The van der Waals surface area contributed by atoms with Crippen LogP contribution in [0, 0.1) is 4.91 Å². The number of carbonyl (C=O) groups is 1. The highest BCUT2D eigenvalue weighted by atomic mass is 79.9. The number of hydrogen-bond donors (Lipinski definition) is 0. The van der Waals surface area contributed by atoms with E-state index in [1.54, 1.807) is 12.1 Å². The van der Waals surface area contributed by atoms with Crippen LogP contribution in [0.4, 0.5) is 0 Å². The summed E-state index contributed by atoms with van der Waals surface area (Å²) in [4.78, 5) is 23.1. The fourth-order valence-corrected chi connectivity index (χ4v) is 2.31. The minimum atomic E-state index is -0.120. The molecule has 0 spiro atoms. The van der Waals surface area contributed by atoms with Crippen molar-refractivity contribution in [3.05, 3.63) is 33.1 Å². The molecule has 0 saturated carbocycles. The molecule has 1 heterocycles. The lowest BCUT2D eigenvalue weighted by atomic mass is 10.1. The molecular formula is C8H5BrNO2S+. The van der Waals surface area contributed by atoms with Gasteiger partial charge >= 0.3 is 0 Å². The summed E-state index contributed by atoms with van der Waals surface area (Å²) >= 11 is 4.34. The van der Waals surface area contributed by atoms with E-state index in [9.17, 15) is 9.70 Å². The van der Waals surface area contributed by atoms with Crippen LogP contribution in [0.5, 0.6) is 0 Å². The topological polar surface area (TPSA) is 37.1 Å². The van der Waals surface area contributed by atoms with Crippen LogP contribution in [0.2, 0.25) is 0 Å². The lowest BCUT2D eigenvalue weighted by Gasteiger charge is -2.06. The SMILES string of the molecule is O=C1C[N+](=O)Sc2ccc(Br)cc21. The van der Waals surface area contributed by atoms with Gasteiger partial charge in [0.2, 0.25) is 5.78 Å². The molecule has 0 amide bonds. The van der Waals surface area contributed by atoms with E-state index in [1.165, 1.54) is 0 Å². The summed E-state index contributed by atoms with van der Waals surface area (Å²) in [5.74, 6) is -0.120. The van der Waals surface area contributed by atoms with Crippen LogP contribution in [0.1, 0.15) is 10.4 Å². The Balaban J connectivity index is 2.55. The van der Waals surface area contributed by atoms with Gasteiger partial charge in [-0.25, -0.2) is 0 Å². The van der Waals surface area contributed by atoms with Gasteiger partial charge in [0.25, 0.3) is 18.5 Å². The number of Topliss-reactive ketones (excluding diaryl/α,β-unsaturated/α-hetero) is 1. The van der Waals surface area contributed by atoms with Crippen LogP contribution >= 0.6 is 27.9 Å².